The molecule has 4 nitrogen and oxygen atoms in total. The second-order valence-corrected chi connectivity index (χ2v) is 7.38. The highest BCUT2D eigenvalue weighted by molar-refractivity contribution is 5.85. The first-order valence-corrected chi connectivity index (χ1v) is 8.89. The van der Waals surface area contributed by atoms with Crippen LogP contribution in [0.2, 0.25) is 0 Å². The van der Waals surface area contributed by atoms with E-state index in [2.05, 4.69) is 36.2 Å². The van der Waals surface area contributed by atoms with E-state index in [1.165, 1.54) is 31.4 Å². The van der Waals surface area contributed by atoms with E-state index in [-0.39, 0.29) is 30.4 Å². The lowest BCUT2D eigenvalue weighted by molar-refractivity contribution is 0.199. The van der Waals surface area contributed by atoms with Gasteiger partial charge in [-0.2, -0.15) is 0 Å². The van der Waals surface area contributed by atoms with E-state index in [9.17, 15) is 0 Å². The Bertz CT molecular complexity index is 554. The van der Waals surface area contributed by atoms with Gasteiger partial charge in [-0.05, 0) is 45.7 Å². The van der Waals surface area contributed by atoms with Crippen molar-refractivity contribution in [3.63, 3.8) is 0 Å². The molecule has 1 saturated carbocycles. The van der Waals surface area contributed by atoms with Crippen LogP contribution in [-0.4, -0.2) is 37.9 Å². The average molecular weight is 391 g/mol. The molecular weight excluding hydrogens is 359 g/mol. The lowest BCUT2D eigenvalue weighted by Crippen LogP contribution is -2.67. The molecule has 1 aliphatic heterocycles. The van der Waals surface area contributed by atoms with Gasteiger partial charge >= 0.3 is 0 Å². The van der Waals surface area contributed by atoms with Gasteiger partial charge in [0.2, 0.25) is 0 Å². The third kappa shape index (κ3) is 4.87. The van der Waals surface area contributed by atoms with Crippen molar-refractivity contribution in [1.29, 1.82) is 0 Å². The van der Waals surface area contributed by atoms with Gasteiger partial charge in [-0.15, -0.1) is 24.8 Å². The first-order chi connectivity index (χ1) is 11.0. The van der Waals surface area contributed by atoms with Gasteiger partial charge in [0.25, 0.3) is 0 Å². The highest BCUT2D eigenvalue weighted by Crippen LogP contribution is 2.37. The molecule has 1 heterocycles. The summed E-state index contributed by atoms with van der Waals surface area (Å²) in [6.07, 6.45) is 5.21. The summed E-state index contributed by atoms with van der Waals surface area (Å²) in [5.41, 5.74) is 1.38. The summed E-state index contributed by atoms with van der Waals surface area (Å²) in [5, 5.41) is 3.86. The minimum Gasteiger partial charge on any atom is -0.493 e. The topological polar surface area (TPSA) is 33.7 Å². The number of ether oxygens (including phenoxy) is 2. The Hall–Kier alpha value is -0.840. The first-order valence-electron chi connectivity index (χ1n) is 8.89. The molecule has 0 unspecified atom stereocenters. The molecule has 25 heavy (non-hydrogen) atoms. The lowest BCUT2D eigenvalue weighted by atomic mass is 9.83. The second kappa shape index (κ2) is 9.20. The molecule has 1 N–H and O–H groups in total. The summed E-state index contributed by atoms with van der Waals surface area (Å²) in [6, 6.07) is 7.54. The van der Waals surface area contributed by atoms with Crippen LogP contribution in [0.15, 0.2) is 18.2 Å². The van der Waals surface area contributed by atoms with Gasteiger partial charge in [0.05, 0.1) is 13.7 Å². The van der Waals surface area contributed by atoms with Crippen LogP contribution < -0.4 is 19.7 Å². The fraction of sp³-hybridized carbons (Fsp3) is 0.684. The van der Waals surface area contributed by atoms with E-state index in [1.807, 2.05) is 13.0 Å². The van der Waals surface area contributed by atoms with Crippen LogP contribution in [0.25, 0.3) is 0 Å². The van der Waals surface area contributed by atoms with Crippen LogP contribution in [-0.2, 0) is 0 Å². The fourth-order valence-corrected chi connectivity index (χ4v) is 4.14. The highest BCUT2D eigenvalue weighted by Gasteiger charge is 2.40. The van der Waals surface area contributed by atoms with Gasteiger partial charge in [-0.1, -0.05) is 12.8 Å². The number of halogens is 2. The third-order valence-electron chi connectivity index (χ3n) is 5.05. The number of methoxy groups -OCH3 is 1. The predicted octanol–water partition coefficient (Wildman–Crippen LogP) is 4.44. The molecule has 1 aromatic rings. The van der Waals surface area contributed by atoms with Crippen molar-refractivity contribution in [3.8, 4) is 11.5 Å². The monoisotopic (exact) mass is 390 g/mol. The molecule has 2 fully saturated rings. The van der Waals surface area contributed by atoms with E-state index in [0.717, 1.165) is 18.0 Å². The predicted molar refractivity (Wildman–Crippen MR) is 109 cm³/mol. The number of nitrogens with one attached hydrogen (secondary N) is 1. The molecule has 2 aliphatic rings. The van der Waals surface area contributed by atoms with Crippen molar-refractivity contribution >= 4 is 30.5 Å². The SMILES string of the molecule is CCOc1ccc(N2CC(C)(C)N[C@@H]3CCCC[C@H]32)cc1OC.Cl.Cl. The van der Waals surface area contributed by atoms with Crippen LogP contribution in [0.3, 0.4) is 0 Å². The van der Waals surface area contributed by atoms with Crippen LogP contribution >= 0.6 is 24.8 Å². The molecule has 3 rings (SSSR count). The minimum atomic E-state index is 0. The van der Waals surface area contributed by atoms with E-state index >= 15 is 0 Å². The summed E-state index contributed by atoms with van der Waals surface area (Å²) < 4.78 is 11.2. The largest absolute Gasteiger partial charge is 0.493 e. The minimum absolute atomic E-state index is 0. The number of rotatable bonds is 4. The fourth-order valence-electron chi connectivity index (χ4n) is 4.14. The number of benzene rings is 1. The Morgan fingerprint density at radius 1 is 1.16 bits per heavy atom. The lowest BCUT2D eigenvalue weighted by Gasteiger charge is -2.52. The number of hydrogen-bond acceptors (Lipinski definition) is 4. The summed E-state index contributed by atoms with van der Waals surface area (Å²) in [7, 11) is 1.72. The zero-order valence-electron chi connectivity index (χ0n) is 15.7. The van der Waals surface area contributed by atoms with Crippen molar-refractivity contribution in [2.24, 2.45) is 0 Å². The van der Waals surface area contributed by atoms with E-state index in [4.69, 9.17) is 9.47 Å². The Balaban J connectivity index is 0.00000156. The maximum atomic E-state index is 5.66. The molecule has 1 aliphatic carbocycles. The van der Waals surface area contributed by atoms with E-state index in [1.54, 1.807) is 7.11 Å². The van der Waals surface area contributed by atoms with Crippen molar-refractivity contribution in [3.05, 3.63) is 18.2 Å². The van der Waals surface area contributed by atoms with Gasteiger partial charge in [0.15, 0.2) is 11.5 Å². The summed E-state index contributed by atoms with van der Waals surface area (Å²) in [6.45, 7) is 8.28. The number of nitrogens with zero attached hydrogens (tertiary/aromatic N) is 1. The van der Waals surface area contributed by atoms with Gasteiger partial charge in [-0.3, -0.25) is 0 Å². The van der Waals surface area contributed by atoms with Crippen molar-refractivity contribution in [1.82, 2.24) is 5.32 Å². The molecule has 1 saturated heterocycles. The second-order valence-electron chi connectivity index (χ2n) is 7.38. The van der Waals surface area contributed by atoms with Crippen LogP contribution in [0.1, 0.15) is 46.5 Å². The first kappa shape index (κ1) is 22.2. The molecular formula is C19H32Cl2N2O2. The Morgan fingerprint density at radius 2 is 1.88 bits per heavy atom. The summed E-state index contributed by atoms with van der Waals surface area (Å²) in [5.74, 6) is 1.65. The molecule has 0 bridgehead atoms. The normalized spacial score (nSPS) is 24.4. The van der Waals surface area contributed by atoms with Gasteiger partial charge < -0.3 is 19.7 Å². The molecule has 0 radical (unpaired) electrons. The zero-order chi connectivity index (χ0) is 16.4. The molecule has 6 heteroatoms. The smallest absolute Gasteiger partial charge is 0.162 e. The molecule has 0 spiro atoms. The summed E-state index contributed by atoms with van der Waals surface area (Å²) in [4.78, 5) is 2.58. The molecule has 1 aromatic carbocycles. The van der Waals surface area contributed by atoms with Gasteiger partial charge in [0, 0.05) is 35.9 Å². The molecule has 0 amide bonds. The number of piperazine rings is 1. The Labute approximate surface area is 164 Å². The van der Waals surface area contributed by atoms with Crippen LogP contribution in [0.5, 0.6) is 11.5 Å². The Kier molecular flexibility index (Phi) is 8.17. The maximum absolute atomic E-state index is 5.66. The van der Waals surface area contributed by atoms with Crippen molar-refractivity contribution in [2.75, 3.05) is 25.2 Å². The molecule has 144 valence electrons. The molecule has 2 atom stereocenters. The third-order valence-corrected chi connectivity index (χ3v) is 5.05. The number of anilines is 1. The zero-order valence-corrected chi connectivity index (χ0v) is 17.3. The summed E-state index contributed by atoms with van der Waals surface area (Å²) >= 11 is 0. The van der Waals surface area contributed by atoms with E-state index in [0.29, 0.717) is 18.7 Å². The maximum Gasteiger partial charge on any atom is 0.162 e. The number of hydrogen-bond donors (Lipinski definition) is 1. The van der Waals surface area contributed by atoms with E-state index < -0.39 is 0 Å². The van der Waals surface area contributed by atoms with Gasteiger partial charge in [-0.25, -0.2) is 0 Å². The van der Waals surface area contributed by atoms with Crippen LogP contribution in [0, 0.1) is 0 Å². The van der Waals surface area contributed by atoms with Gasteiger partial charge in [0.1, 0.15) is 0 Å². The van der Waals surface area contributed by atoms with Crippen molar-refractivity contribution in [2.45, 2.75) is 64.1 Å². The number of fused-ring (bicyclic) bond motifs is 1. The highest BCUT2D eigenvalue weighted by atomic mass is 35.5. The standard InChI is InChI=1S/C19H30N2O2.2ClH/c1-5-23-17-11-10-14(12-18(17)22-4)21-13-19(2,3)20-15-8-6-7-9-16(15)21;;/h10-12,15-16,20H,5-9,13H2,1-4H3;2*1H/t15-,16-;;/m1../s1. The van der Waals surface area contributed by atoms with Crippen molar-refractivity contribution < 1.29 is 9.47 Å². The average Bonchev–Trinajstić information content (AvgIpc) is 2.54. The molecule has 0 aromatic heterocycles. The Morgan fingerprint density at radius 3 is 2.56 bits per heavy atom. The van der Waals surface area contributed by atoms with Crippen LogP contribution in [0.4, 0.5) is 5.69 Å². The quantitative estimate of drug-likeness (QED) is 0.823.